The molecule has 0 spiro atoms. The number of sulfonamides is 1. The van der Waals surface area contributed by atoms with Crippen molar-refractivity contribution in [1.29, 1.82) is 0 Å². The van der Waals surface area contributed by atoms with Crippen molar-refractivity contribution in [2.45, 2.75) is 4.90 Å². The van der Waals surface area contributed by atoms with Crippen LogP contribution in [-0.2, 0) is 19.6 Å². The highest BCUT2D eigenvalue weighted by atomic mass is 35.5. The Morgan fingerprint density at radius 1 is 1.33 bits per heavy atom. The van der Waals surface area contributed by atoms with Gasteiger partial charge in [0.1, 0.15) is 4.90 Å². The SMILES string of the molecule is CN(CC(=O)N1CCOCC1)S(=O)(=O)c1ccccc1Cl. The maximum atomic E-state index is 12.4. The molecule has 0 aromatic heterocycles. The number of halogens is 1. The van der Waals surface area contributed by atoms with Gasteiger partial charge in [-0.25, -0.2) is 8.42 Å². The van der Waals surface area contributed by atoms with Gasteiger partial charge in [0.15, 0.2) is 0 Å². The molecule has 0 atom stereocenters. The van der Waals surface area contributed by atoms with Gasteiger partial charge in [-0.1, -0.05) is 23.7 Å². The molecule has 0 aliphatic carbocycles. The molecule has 1 fully saturated rings. The lowest BCUT2D eigenvalue weighted by Gasteiger charge is -2.28. The quantitative estimate of drug-likeness (QED) is 0.818. The van der Waals surface area contributed by atoms with E-state index in [9.17, 15) is 13.2 Å². The second-order valence-corrected chi connectivity index (χ2v) is 7.11. The smallest absolute Gasteiger partial charge is 0.244 e. The number of amides is 1. The van der Waals surface area contributed by atoms with E-state index < -0.39 is 10.0 Å². The van der Waals surface area contributed by atoms with Crippen LogP contribution in [0.2, 0.25) is 5.02 Å². The minimum absolute atomic E-state index is 0.00365. The van der Waals surface area contributed by atoms with Crippen molar-refractivity contribution in [3.8, 4) is 0 Å². The molecule has 0 radical (unpaired) electrons. The topological polar surface area (TPSA) is 66.9 Å². The summed E-state index contributed by atoms with van der Waals surface area (Å²) < 4.78 is 31.0. The predicted molar refractivity (Wildman–Crippen MR) is 78.7 cm³/mol. The highest BCUT2D eigenvalue weighted by Crippen LogP contribution is 2.23. The summed E-state index contributed by atoms with van der Waals surface area (Å²) in [4.78, 5) is 13.7. The number of carbonyl (C=O) groups is 1. The predicted octanol–water partition coefficient (Wildman–Crippen LogP) is 0.819. The molecule has 1 amide bonds. The summed E-state index contributed by atoms with van der Waals surface area (Å²) in [6.07, 6.45) is 0. The van der Waals surface area contributed by atoms with E-state index in [2.05, 4.69) is 0 Å². The first-order chi connectivity index (χ1) is 9.93. The van der Waals surface area contributed by atoms with Crippen molar-refractivity contribution in [3.05, 3.63) is 29.3 Å². The Morgan fingerprint density at radius 2 is 1.95 bits per heavy atom. The zero-order valence-corrected chi connectivity index (χ0v) is 13.2. The molecule has 6 nitrogen and oxygen atoms in total. The van der Waals surface area contributed by atoms with Crippen LogP contribution in [0.3, 0.4) is 0 Å². The van der Waals surface area contributed by atoms with Gasteiger partial charge >= 0.3 is 0 Å². The van der Waals surface area contributed by atoms with Crippen LogP contribution in [0.15, 0.2) is 29.2 Å². The number of carbonyl (C=O) groups excluding carboxylic acids is 1. The third kappa shape index (κ3) is 3.74. The second-order valence-electron chi connectivity index (χ2n) is 4.68. The summed E-state index contributed by atoms with van der Waals surface area (Å²) in [5.74, 6) is -0.239. The minimum atomic E-state index is -3.78. The Bertz CT molecular complexity index is 614. The largest absolute Gasteiger partial charge is 0.378 e. The maximum absolute atomic E-state index is 12.4. The number of hydrogen-bond acceptors (Lipinski definition) is 4. The summed E-state index contributed by atoms with van der Waals surface area (Å²) >= 11 is 5.92. The first-order valence-corrected chi connectivity index (χ1v) is 8.31. The van der Waals surface area contributed by atoms with Crippen LogP contribution in [0.4, 0.5) is 0 Å². The van der Waals surface area contributed by atoms with E-state index in [-0.39, 0.29) is 22.4 Å². The van der Waals surface area contributed by atoms with Gasteiger partial charge in [0, 0.05) is 20.1 Å². The van der Waals surface area contributed by atoms with Gasteiger partial charge in [-0.15, -0.1) is 0 Å². The standard InChI is InChI=1S/C13H17ClN2O4S/c1-15(10-13(17)16-6-8-20-9-7-16)21(18,19)12-5-3-2-4-11(12)14/h2-5H,6-10H2,1H3. The number of benzene rings is 1. The third-order valence-corrected chi connectivity index (χ3v) is 5.55. The number of morpholine rings is 1. The Hall–Kier alpha value is -1.15. The third-order valence-electron chi connectivity index (χ3n) is 3.25. The Morgan fingerprint density at radius 3 is 2.57 bits per heavy atom. The zero-order valence-electron chi connectivity index (χ0n) is 11.7. The van der Waals surface area contributed by atoms with Crippen molar-refractivity contribution in [2.75, 3.05) is 39.9 Å². The average Bonchev–Trinajstić information content (AvgIpc) is 2.48. The zero-order chi connectivity index (χ0) is 15.5. The first-order valence-electron chi connectivity index (χ1n) is 6.49. The van der Waals surface area contributed by atoms with Crippen LogP contribution >= 0.6 is 11.6 Å². The second kappa shape index (κ2) is 6.74. The monoisotopic (exact) mass is 332 g/mol. The van der Waals surface area contributed by atoms with E-state index >= 15 is 0 Å². The number of ether oxygens (including phenoxy) is 1. The van der Waals surface area contributed by atoms with E-state index in [1.807, 2.05) is 0 Å². The van der Waals surface area contributed by atoms with E-state index in [4.69, 9.17) is 16.3 Å². The number of nitrogens with zero attached hydrogens (tertiary/aromatic N) is 2. The number of rotatable bonds is 4. The molecule has 1 aliphatic heterocycles. The molecule has 116 valence electrons. The molecule has 8 heteroatoms. The molecule has 1 aromatic rings. The fourth-order valence-electron chi connectivity index (χ4n) is 2.01. The molecule has 1 aliphatic rings. The van der Waals surface area contributed by atoms with Crippen molar-refractivity contribution >= 4 is 27.5 Å². The molecular weight excluding hydrogens is 316 g/mol. The molecular formula is C13H17ClN2O4S. The van der Waals surface area contributed by atoms with Gasteiger partial charge in [-0.2, -0.15) is 4.31 Å². The fourth-order valence-corrected chi connectivity index (χ4v) is 3.62. The van der Waals surface area contributed by atoms with Gasteiger partial charge in [0.2, 0.25) is 15.9 Å². The highest BCUT2D eigenvalue weighted by molar-refractivity contribution is 7.89. The van der Waals surface area contributed by atoms with Crippen LogP contribution in [0, 0.1) is 0 Å². The van der Waals surface area contributed by atoms with Gasteiger partial charge in [0.05, 0.1) is 24.8 Å². The Balaban J connectivity index is 2.10. The summed E-state index contributed by atoms with van der Waals surface area (Å²) in [7, 11) is -2.41. The fraction of sp³-hybridized carbons (Fsp3) is 0.462. The summed E-state index contributed by atoms with van der Waals surface area (Å²) in [5, 5.41) is 0.142. The lowest BCUT2D eigenvalue weighted by molar-refractivity contribution is -0.135. The molecule has 21 heavy (non-hydrogen) atoms. The molecule has 0 saturated carbocycles. The summed E-state index contributed by atoms with van der Waals surface area (Å²) in [6.45, 7) is 1.71. The number of hydrogen-bond donors (Lipinski definition) is 0. The summed E-state index contributed by atoms with van der Waals surface area (Å²) in [5.41, 5.74) is 0. The first kappa shape index (κ1) is 16.2. The van der Waals surface area contributed by atoms with E-state index in [1.165, 1.54) is 19.2 Å². The highest BCUT2D eigenvalue weighted by Gasteiger charge is 2.27. The van der Waals surface area contributed by atoms with Gasteiger partial charge in [-0.3, -0.25) is 4.79 Å². The van der Waals surface area contributed by atoms with Gasteiger partial charge in [-0.05, 0) is 12.1 Å². The lowest BCUT2D eigenvalue weighted by Crippen LogP contribution is -2.46. The van der Waals surface area contributed by atoms with Crippen LogP contribution in [-0.4, -0.2) is 63.4 Å². The van der Waals surface area contributed by atoms with Crippen molar-refractivity contribution < 1.29 is 17.9 Å². The molecule has 1 aromatic carbocycles. The van der Waals surface area contributed by atoms with Gasteiger partial charge in [0.25, 0.3) is 0 Å². The molecule has 0 bridgehead atoms. The molecule has 0 unspecified atom stereocenters. The summed E-state index contributed by atoms with van der Waals surface area (Å²) in [6, 6.07) is 6.18. The van der Waals surface area contributed by atoms with Crippen LogP contribution < -0.4 is 0 Å². The van der Waals surface area contributed by atoms with Gasteiger partial charge < -0.3 is 9.64 Å². The lowest BCUT2D eigenvalue weighted by atomic mass is 10.4. The van der Waals surface area contributed by atoms with Crippen molar-refractivity contribution in [2.24, 2.45) is 0 Å². The van der Waals surface area contributed by atoms with Crippen molar-refractivity contribution in [1.82, 2.24) is 9.21 Å². The average molecular weight is 333 g/mol. The molecule has 0 N–H and O–H groups in total. The minimum Gasteiger partial charge on any atom is -0.378 e. The molecule has 2 rings (SSSR count). The Kier molecular flexibility index (Phi) is 5.21. The van der Waals surface area contributed by atoms with Crippen LogP contribution in [0.5, 0.6) is 0 Å². The Labute approximate surface area is 129 Å². The van der Waals surface area contributed by atoms with Crippen molar-refractivity contribution in [3.63, 3.8) is 0 Å². The number of likely N-dealkylation sites (N-methyl/N-ethyl adjacent to an activating group) is 1. The van der Waals surface area contributed by atoms with Crippen LogP contribution in [0.25, 0.3) is 0 Å². The van der Waals surface area contributed by atoms with E-state index in [1.54, 1.807) is 17.0 Å². The maximum Gasteiger partial charge on any atom is 0.244 e. The molecule has 1 saturated heterocycles. The normalized spacial score (nSPS) is 16.2. The van der Waals surface area contributed by atoms with E-state index in [0.29, 0.717) is 26.3 Å². The van der Waals surface area contributed by atoms with Crippen LogP contribution in [0.1, 0.15) is 0 Å². The van der Waals surface area contributed by atoms with E-state index in [0.717, 1.165) is 4.31 Å². The molecule has 1 heterocycles.